The topological polar surface area (TPSA) is 53.0 Å². The predicted octanol–water partition coefficient (Wildman–Crippen LogP) is 1.68. The number of carbonyl (C=O) groups excluding carboxylic acids is 1. The molecule has 6 heteroatoms. The van der Waals surface area contributed by atoms with E-state index in [1.807, 2.05) is 30.3 Å². The van der Waals surface area contributed by atoms with Gasteiger partial charge in [0.2, 0.25) is 0 Å². The number of halogens is 1. The molecule has 0 unspecified atom stereocenters. The molecule has 4 aromatic rings. The fourth-order valence-corrected chi connectivity index (χ4v) is 4.82. The molecule has 0 amide bonds. The minimum Gasteiger partial charge on any atom is -0.545 e. The Morgan fingerprint density at radius 3 is 2.55 bits per heavy atom. The van der Waals surface area contributed by atoms with E-state index in [-0.39, 0.29) is 40.5 Å². The standard InChI is InChI=1S/C23H14FNO2S.Na/c24-16-7-9-19-18(11-16)20(23(26)27)22-21(25-19)17-8-6-14(10-15(17)12-28-22)13-4-2-1-3-5-13;/h1-11H,12H2,(H,26,27);/q;+1/p-1. The van der Waals surface area contributed by atoms with Crippen molar-refractivity contribution in [3.63, 3.8) is 0 Å². The SMILES string of the molecule is O=C([O-])c1c2c(nc3ccc(F)cc13)-c1ccc(-c3ccccc3)cc1CS2.[Na+]. The second kappa shape index (κ2) is 7.92. The molecule has 1 aromatic heterocycles. The molecule has 3 aromatic carbocycles. The van der Waals surface area contributed by atoms with Gasteiger partial charge in [0.05, 0.1) is 17.2 Å². The van der Waals surface area contributed by atoms with Crippen LogP contribution in [0.4, 0.5) is 4.39 Å². The first-order valence-corrected chi connectivity index (χ1v) is 9.76. The summed E-state index contributed by atoms with van der Waals surface area (Å²) in [5, 5.41) is 12.1. The maximum atomic E-state index is 13.7. The van der Waals surface area contributed by atoms with Gasteiger partial charge in [0.1, 0.15) is 5.82 Å². The van der Waals surface area contributed by atoms with E-state index in [2.05, 4.69) is 23.2 Å². The molecule has 5 rings (SSSR count). The van der Waals surface area contributed by atoms with Crippen LogP contribution in [-0.4, -0.2) is 11.0 Å². The van der Waals surface area contributed by atoms with E-state index in [0.29, 0.717) is 21.9 Å². The summed E-state index contributed by atoms with van der Waals surface area (Å²) in [6, 6.07) is 20.2. The maximum absolute atomic E-state index is 13.7. The molecule has 0 aliphatic carbocycles. The molecule has 136 valence electrons. The summed E-state index contributed by atoms with van der Waals surface area (Å²) in [6.07, 6.45) is 0. The number of aromatic nitrogens is 1. The molecule has 0 bridgehead atoms. The number of thioether (sulfide) groups is 1. The van der Waals surface area contributed by atoms with Crippen LogP contribution in [0.3, 0.4) is 0 Å². The molecule has 0 fully saturated rings. The van der Waals surface area contributed by atoms with E-state index in [1.54, 1.807) is 0 Å². The van der Waals surface area contributed by atoms with Crippen LogP contribution in [0.1, 0.15) is 15.9 Å². The Morgan fingerprint density at radius 2 is 1.79 bits per heavy atom. The number of rotatable bonds is 2. The minimum atomic E-state index is -1.31. The third-order valence-electron chi connectivity index (χ3n) is 4.95. The van der Waals surface area contributed by atoms with Crippen LogP contribution in [-0.2, 0) is 5.75 Å². The molecular formula is C23H13FNNaO2S. The van der Waals surface area contributed by atoms with Gasteiger partial charge >= 0.3 is 29.6 Å². The average molecular weight is 409 g/mol. The summed E-state index contributed by atoms with van der Waals surface area (Å²) in [4.78, 5) is 17.1. The van der Waals surface area contributed by atoms with E-state index in [1.165, 1.54) is 30.0 Å². The van der Waals surface area contributed by atoms with Gasteiger partial charge in [-0.15, -0.1) is 11.8 Å². The average Bonchev–Trinajstić information content (AvgIpc) is 2.72. The first-order chi connectivity index (χ1) is 13.6. The van der Waals surface area contributed by atoms with Gasteiger partial charge in [-0.1, -0.05) is 42.5 Å². The zero-order valence-electron chi connectivity index (χ0n) is 15.6. The number of carboxylic acids is 1. The van der Waals surface area contributed by atoms with Crippen LogP contribution in [0.2, 0.25) is 0 Å². The summed E-state index contributed by atoms with van der Waals surface area (Å²) in [5.41, 5.74) is 5.30. The van der Waals surface area contributed by atoms with Crippen LogP contribution in [0.25, 0.3) is 33.3 Å². The first kappa shape index (κ1) is 20.1. The molecule has 0 spiro atoms. The zero-order chi connectivity index (χ0) is 19.3. The second-order valence-electron chi connectivity index (χ2n) is 6.64. The molecule has 0 radical (unpaired) electrons. The van der Waals surface area contributed by atoms with Gasteiger partial charge in [0.25, 0.3) is 0 Å². The van der Waals surface area contributed by atoms with E-state index >= 15 is 0 Å². The van der Waals surface area contributed by atoms with Gasteiger partial charge in [-0.25, -0.2) is 9.37 Å². The number of carbonyl (C=O) groups is 1. The number of hydrogen-bond acceptors (Lipinski definition) is 4. The number of carboxylic acid groups (broad SMARTS) is 1. The van der Waals surface area contributed by atoms with E-state index in [0.717, 1.165) is 22.3 Å². The third-order valence-corrected chi connectivity index (χ3v) is 6.09. The van der Waals surface area contributed by atoms with Crippen LogP contribution in [0.5, 0.6) is 0 Å². The van der Waals surface area contributed by atoms with Crippen molar-refractivity contribution in [3.05, 3.63) is 83.7 Å². The van der Waals surface area contributed by atoms with Gasteiger partial charge in [0, 0.05) is 27.2 Å². The van der Waals surface area contributed by atoms with Crippen molar-refractivity contribution in [2.24, 2.45) is 0 Å². The van der Waals surface area contributed by atoms with Crippen molar-refractivity contribution in [1.82, 2.24) is 4.98 Å². The number of benzene rings is 3. The summed E-state index contributed by atoms with van der Waals surface area (Å²) in [7, 11) is 0. The predicted molar refractivity (Wildman–Crippen MR) is 106 cm³/mol. The Labute approximate surface area is 193 Å². The summed E-state index contributed by atoms with van der Waals surface area (Å²) >= 11 is 1.41. The summed E-state index contributed by atoms with van der Waals surface area (Å²) in [6.45, 7) is 0. The van der Waals surface area contributed by atoms with Crippen molar-refractivity contribution in [3.8, 4) is 22.4 Å². The van der Waals surface area contributed by atoms with Crippen LogP contribution in [0.15, 0.2) is 71.6 Å². The number of fused-ring (bicyclic) bond motifs is 4. The molecular weight excluding hydrogens is 396 g/mol. The van der Waals surface area contributed by atoms with Crippen LogP contribution < -0.4 is 34.7 Å². The normalized spacial score (nSPS) is 12.0. The Kier molecular flexibility index (Phi) is 5.49. The van der Waals surface area contributed by atoms with Gasteiger partial charge < -0.3 is 9.90 Å². The van der Waals surface area contributed by atoms with Gasteiger partial charge in [0.15, 0.2) is 0 Å². The Bertz CT molecular complexity index is 1260. The van der Waals surface area contributed by atoms with Crippen LogP contribution >= 0.6 is 11.8 Å². The Morgan fingerprint density at radius 1 is 1.00 bits per heavy atom. The molecule has 1 aliphatic rings. The van der Waals surface area contributed by atoms with Crippen molar-refractivity contribution < 1.29 is 43.8 Å². The van der Waals surface area contributed by atoms with Crippen molar-refractivity contribution >= 4 is 28.6 Å². The monoisotopic (exact) mass is 409 g/mol. The Balaban J connectivity index is 0.00000205. The third kappa shape index (κ3) is 3.49. The maximum Gasteiger partial charge on any atom is 1.00 e. The smallest absolute Gasteiger partial charge is 0.545 e. The van der Waals surface area contributed by atoms with Gasteiger partial charge in [-0.2, -0.15) is 0 Å². The summed E-state index contributed by atoms with van der Waals surface area (Å²) < 4.78 is 13.7. The number of hydrogen-bond donors (Lipinski definition) is 0. The molecule has 0 N–H and O–H groups in total. The molecule has 29 heavy (non-hydrogen) atoms. The van der Waals surface area contributed by atoms with E-state index in [9.17, 15) is 14.3 Å². The second-order valence-corrected chi connectivity index (χ2v) is 7.63. The fourth-order valence-electron chi connectivity index (χ4n) is 3.65. The fraction of sp³-hybridized carbons (Fsp3) is 0.0435. The quantitative estimate of drug-likeness (QED) is 0.473. The number of pyridine rings is 1. The zero-order valence-corrected chi connectivity index (χ0v) is 18.4. The molecule has 0 saturated carbocycles. The molecule has 1 aliphatic heterocycles. The molecule has 2 heterocycles. The molecule has 3 nitrogen and oxygen atoms in total. The molecule has 0 saturated heterocycles. The van der Waals surface area contributed by atoms with Gasteiger partial charge in [-0.05, 0) is 41.0 Å². The minimum absolute atomic E-state index is 0. The van der Waals surface area contributed by atoms with Crippen molar-refractivity contribution in [2.45, 2.75) is 10.6 Å². The summed E-state index contributed by atoms with van der Waals surface area (Å²) in [5.74, 6) is -1.19. The van der Waals surface area contributed by atoms with Crippen LogP contribution in [0, 0.1) is 5.82 Å². The van der Waals surface area contributed by atoms with Crippen molar-refractivity contribution in [1.29, 1.82) is 0 Å². The number of aromatic carboxylic acids is 1. The van der Waals surface area contributed by atoms with Crippen molar-refractivity contribution in [2.75, 3.05) is 0 Å². The van der Waals surface area contributed by atoms with Gasteiger partial charge in [-0.3, -0.25) is 0 Å². The van der Waals surface area contributed by atoms with E-state index in [4.69, 9.17) is 0 Å². The largest absolute Gasteiger partial charge is 1.00 e. The number of nitrogens with zero attached hydrogens (tertiary/aromatic N) is 1. The first-order valence-electron chi connectivity index (χ1n) is 8.78. The molecule has 0 atom stereocenters. The Hall–Kier alpha value is -2.18. The van der Waals surface area contributed by atoms with E-state index < -0.39 is 11.8 Å².